The SMILES string of the molecule is CCC(C)(CC)N1CCN(CCO)CC1. The first-order chi connectivity index (χ1) is 7.16. The molecule has 0 radical (unpaired) electrons. The van der Waals surface area contributed by atoms with E-state index in [1.165, 1.54) is 12.8 Å². The molecule has 0 aliphatic carbocycles. The van der Waals surface area contributed by atoms with Crippen LogP contribution in [0.1, 0.15) is 33.6 Å². The second-order valence-corrected chi connectivity index (χ2v) is 4.76. The Bertz CT molecular complexity index is 172. The van der Waals surface area contributed by atoms with E-state index >= 15 is 0 Å². The van der Waals surface area contributed by atoms with Crippen molar-refractivity contribution in [3.05, 3.63) is 0 Å². The number of rotatable bonds is 5. The first kappa shape index (κ1) is 12.9. The first-order valence-corrected chi connectivity index (χ1v) is 6.24. The monoisotopic (exact) mass is 214 g/mol. The van der Waals surface area contributed by atoms with E-state index < -0.39 is 0 Å². The maximum atomic E-state index is 8.88. The average molecular weight is 214 g/mol. The summed E-state index contributed by atoms with van der Waals surface area (Å²) in [6.07, 6.45) is 2.45. The molecule has 0 spiro atoms. The van der Waals surface area contributed by atoms with E-state index in [1.807, 2.05) is 0 Å². The van der Waals surface area contributed by atoms with Crippen LogP contribution in [0.5, 0.6) is 0 Å². The fourth-order valence-electron chi connectivity index (χ4n) is 2.35. The minimum Gasteiger partial charge on any atom is -0.395 e. The fraction of sp³-hybridized carbons (Fsp3) is 1.00. The summed E-state index contributed by atoms with van der Waals surface area (Å²) in [4.78, 5) is 4.96. The Labute approximate surface area is 94.1 Å². The van der Waals surface area contributed by atoms with E-state index in [9.17, 15) is 0 Å². The molecular formula is C12H26N2O. The van der Waals surface area contributed by atoms with Crippen LogP contribution in [0.2, 0.25) is 0 Å². The maximum absolute atomic E-state index is 8.88. The molecule has 0 bridgehead atoms. The number of piperazine rings is 1. The lowest BCUT2D eigenvalue weighted by Crippen LogP contribution is -2.55. The van der Waals surface area contributed by atoms with Crippen molar-refractivity contribution in [1.82, 2.24) is 9.80 Å². The van der Waals surface area contributed by atoms with Gasteiger partial charge in [0.05, 0.1) is 6.61 Å². The summed E-state index contributed by atoms with van der Waals surface area (Å²) in [6.45, 7) is 12.6. The van der Waals surface area contributed by atoms with Gasteiger partial charge in [0.15, 0.2) is 0 Å². The van der Waals surface area contributed by atoms with Crippen LogP contribution in [0.15, 0.2) is 0 Å². The van der Waals surface area contributed by atoms with Gasteiger partial charge in [0.25, 0.3) is 0 Å². The summed E-state index contributed by atoms with van der Waals surface area (Å²) in [5.41, 5.74) is 0.380. The molecule has 1 heterocycles. The normalized spacial score (nSPS) is 20.8. The van der Waals surface area contributed by atoms with Crippen LogP contribution in [0.3, 0.4) is 0 Å². The highest BCUT2D eigenvalue weighted by atomic mass is 16.3. The molecule has 0 unspecified atom stereocenters. The molecule has 0 aromatic heterocycles. The van der Waals surface area contributed by atoms with Gasteiger partial charge in [0, 0.05) is 38.3 Å². The van der Waals surface area contributed by atoms with Gasteiger partial charge in [-0.05, 0) is 19.8 Å². The molecule has 0 amide bonds. The zero-order chi connectivity index (χ0) is 11.3. The summed E-state index contributed by atoms with van der Waals surface area (Å²) in [6, 6.07) is 0. The topological polar surface area (TPSA) is 26.7 Å². The van der Waals surface area contributed by atoms with Gasteiger partial charge in [-0.25, -0.2) is 0 Å². The Kier molecular flexibility index (Phi) is 5.03. The largest absolute Gasteiger partial charge is 0.395 e. The minimum absolute atomic E-state index is 0.290. The lowest BCUT2D eigenvalue weighted by atomic mass is 9.92. The molecule has 3 heteroatoms. The molecule has 0 atom stereocenters. The summed E-state index contributed by atoms with van der Waals surface area (Å²) in [5.74, 6) is 0. The van der Waals surface area contributed by atoms with E-state index in [0.717, 1.165) is 32.7 Å². The highest BCUT2D eigenvalue weighted by Gasteiger charge is 2.30. The van der Waals surface area contributed by atoms with Gasteiger partial charge in [-0.15, -0.1) is 0 Å². The summed E-state index contributed by atoms with van der Waals surface area (Å²) in [5, 5.41) is 8.88. The third-order valence-electron chi connectivity index (χ3n) is 4.08. The maximum Gasteiger partial charge on any atom is 0.0558 e. The minimum atomic E-state index is 0.290. The molecule has 1 saturated heterocycles. The van der Waals surface area contributed by atoms with Crippen LogP contribution in [0.4, 0.5) is 0 Å². The third kappa shape index (κ3) is 3.16. The van der Waals surface area contributed by atoms with Crippen molar-refractivity contribution in [3.63, 3.8) is 0 Å². The summed E-state index contributed by atoms with van der Waals surface area (Å²) >= 11 is 0. The zero-order valence-corrected chi connectivity index (χ0v) is 10.5. The number of β-amino-alcohol motifs (C(OH)–C–C–N with tert-alkyl or cyclic N) is 1. The van der Waals surface area contributed by atoms with Gasteiger partial charge in [-0.2, -0.15) is 0 Å². The molecule has 90 valence electrons. The standard InChI is InChI=1S/C12H26N2O/c1-4-12(3,5-2)14-8-6-13(7-9-14)10-11-15/h15H,4-11H2,1-3H3. The molecule has 0 aromatic rings. The van der Waals surface area contributed by atoms with Crippen molar-refractivity contribution < 1.29 is 5.11 Å². The van der Waals surface area contributed by atoms with Gasteiger partial charge in [0.2, 0.25) is 0 Å². The highest BCUT2D eigenvalue weighted by molar-refractivity contribution is 4.87. The van der Waals surface area contributed by atoms with Gasteiger partial charge in [-0.3, -0.25) is 9.80 Å². The van der Waals surface area contributed by atoms with Gasteiger partial charge < -0.3 is 5.11 Å². The van der Waals surface area contributed by atoms with E-state index in [0.29, 0.717) is 12.1 Å². The van der Waals surface area contributed by atoms with Crippen molar-refractivity contribution in [2.75, 3.05) is 39.3 Å². The molecule has 1 N–H and O–H groups in total. The van der Waals surface area contributed by atoms with Crippen molar-refractivity contribution in [3.8, 4) is 0 Å². The van der Waals surface area contributed by atoms with Gasteiger partial charge in [0.1, 0.15) is 0 Å². The molecule has 15 heavy (non-hydrogen) atoms. The molecule has 0 saturated carbocycles. The molecule has 1 fully saturated rings. The zero-order valence-electron chi connectivity index (χ0n) is 10.5. The molecule has 3 nitrogen and oxygen atoms in total. The van der Waals surface area contributed by atoms with Crippen LogP contribution in [0, 0.1) is 0 Å². The molecule has 0 aromatic carbocycles. The van der Waals surface area contributed by atoms with Crippen LogP contribution >= 0.6 is 0 Å². The van der Waals surface area contributed by atoms with Crippen LogP contribution < -0.4 is 0 Å². The van der Waals surface area contributed by atoms with Crippen LogP contribution in [-0.2, 0) is 0 Å². The summed E-state index contributed by atoms with van der Waals surface area (Å²) in [7, 11) is 0. The molecule has 1 aliphatic heterocycles. The Morgan fingerprint density at radius 3 is 2.00 bits per heavy atom. The molecule has 1 rings (SSSR count). The predicted molar refractivity (Wildman–Crippen MR) is 64.1 cm³/mol. The van der Waals surface area contributed by atoms with Crippen LogP contribution in [0.25, 0.3) is 0 Å². The fourth-order valence-corrected chi connectivity index (χ4v) is 2.35. The van der Waals surface area contributed by atoms with E-state index in [1.54, 1.807) is 0 Å². The Balaban J connectivity index is 2.42. The number of aliphatic hydroxyl groups excluding tert-OH is 1. The van der Waals surface area contributed by atoms with Crippen molar-refractivity contribution in [2.45, 2.75) is 39.2 Å². The lowest BCUT2D eigenvalue weighted by Gasteiger charge is -2.45. The number of aliphatic hydroxyl groups is 1. The van der Waals surface area contributed by atoms with Gasteiger partial charge in [-0.1, -0.05) is 13.8 Å². The Morgan fingerprint density at radius 1 is 1.07 bits per heavy atom. The van der Waals surface area contributed by atoms with E-state index in [-0.39, 0.29) is 0 Å². The number of nitrogens with zero attached hydrogens (tertiary/aromatic N) is 2. The van der Waals surface area contributed by atoms with Crippen molar-refractivity contribution in [1.29, 1.82) is 0 Å². The van der Waals surface area contributed by atoms with Gasteiger partial charge >= 0.3 is 0 Å². The lowest BCUT2D eigenvalue weighted by molar-refractivity contribution is 0.0317. The predicted octanol–water partition coefficient (Wildman–Crippen LogP) is 1.18. The smallest absolute Gasteiger partial charge is 0.0558 e. The van der Waals surface area contributed by atoms with Crippen molar-refractivity contribution in [2.24, 2.45) is 0 Å². The number of hydrogen-bond acceptors (Lipinski definition) is 3. The Morgan fingerprint density at radius 2 is 1.60 bits per heavy atom. The third-order valence-corrected chi connectivity index (χ3v) is 4.08. The second kappa shape index (κ2) is 5.83. The molecular weight excluding hydrogens is 188 g/mol. The highest BCUT2D eigenvalue weighted by Crippen LogP contribution is 2.24. The average Bonchev–Trinajstić information content (AvgIpc) is 2.29. The molecule has 1 aliphatic rings. The number of hydrogen-bond donors (Lipinski definition) is 1. The van der Waals surface area contributed by atoms with E-state index in [2.05, 4.69) is 30.6 Å². The first-order valence-electron chi connectivity index (χ1n) is 6.24. The van der Waals surface area contributed by atoms with Crippen LogP contribution in [-0.4, -0.2) is 59.8 Å². The Hall–Kier alpha value is -0.120. The van der Waals surface area contributed by atoms with Crippen molar-refractivity contribution >= 4 is 0 Å². The van der Waals surface area contributed by atoms with E-state index in [4.69, 9.17) is 5.11 Å². The second-order valence-electron chi connectivity index (χ2n) is 4.76. The quantitative estimate of drug-likeness (QED) is 0.744. The summed E-state index contributed by atoms with van der Waals surface area (Å²) < 4.78 is 0.